The number of aromatic nitrogens is 1. The number of rotatable bonds is 5. The summed E-state index contributed by atoms with van der Waals surface area (Å²) in [4.78, 5) is 15.2. The first-order valence-electron chi connectivity index (χ1n) is 7.07. The van der Waals surface area contributed by atoms with E-state index in [2.05, 4.69) is 4.98 Å². The normalized spacial score (nSPS) is 14.0. The summed E-state index contributed by atoms with van der Waals surface area (Å²) in [6, 6.07) is 9.56. The second kappa shape index (κ2) is 5.56. The molecule has 4 nitrogen and oxygen atoms in total. The van der Waals surface area contributed by atoms with E-state index < -0.39 is 5.97 Å². The highest BCUT2D eigenvalue weighted by Gasteiger charge is 2.23. The lowest BCUT2D eigenvalue weighted by Gasteiger charge is -2.11. The van der Waals surface area contributed by atoms with Crippen molar-refractivity contribution in [2.45, 2.75) is 32.3 Å². The van der Waals surface area contributed by atoms with Gasteiger partial charge < -0.3 is 9.84 Å². The Morgan fingerprint density at radius 3 is 2.76 bits per heavy atom. The molecular weight excluding hydrogens is 266 g/mol. The minimum Gasteiger partial charge on any atom is -0.481 e. The van der Waals surface area contributed by atoms with Crippen molar-refractivity contribution in [3.05, 3.63) is 47.7 Å². The van der Waals surface area contributed by atoms with Gasteiger partial charge in [0.1, 0.15) is 6.10 Å². The van der Waals surface area contributed by atoms with Crippen LogP contribution in [-0.4, -0.2) is 22.2 Å². The summed E-state index contributed by atoms with van der Waals surface area (Å²) in [6.07, 6.45) is 4.38. The number of aliphatic carboxylic acids is 1. The zero-order valence-electron chi connectivity index (χ0n) is 11.9. The minimum absolute atomic E-state index is 0.0377. The zero-order chi connectivity index (χ0) is 14.8. The molecule has 1 saturated carbocycles. The third kappa shape index (κ3) is 3.21. The van der Waals surface area contributed by atoms with Crippen LogP contribution in [0, 0.1) is 6.92 Å². The number of nitrogens with zero attached hydrogens (tertiary/aromatic N) is 1. The second-order valence-corrected chi connectivity index (χ2v) is 5.36. The number of pyridine rings is 1. The molecule has 1 N–H and O–H groups in total. The van der Waals surface area contributed by atoms with E-state index in [1.807, 2.05) is 37.3 Å². The van der Waals surface area contributed by atoms with Gasteiger partial charge in [-0.15, -0.1) is 0 Å². The quantitative estimate of drug-likeness (QED) is 0.915. The van der Waals surface area contributed by atoms with Gasteiger partial charge in [-0.3, -0.25) is 4.79 Å². The van der Waals surface area contributed by atoms with Gasteiger partial charge in [0.25, 0.3) is 0 Å². The van der Waals surface area contributed by atoms with Gasteiger partial charge in [0, 0.05) is 17.8 Å². The Labute approximate surface area is 123 Å². The summed E-state index contributed by atoms with van der Waals surface area (Å²) in [6.45, 7) is 1.95. The summed E-state index contributed by atoms with van der Waals surface area (Å²) in [5.74, 6) is -0.165. The molecular formula is C17H17NO3. The van der Waals surface area contributed by atoms with Crippen molar-refractivity contribution in [2.75, 3.05) is 0 Å². The molecule has 1 fully saturated rings. The lowest BCUT2D eigenvalue weighted by molar-refractivity contribution is -0.136. The fraction of sp³-hybridized carbons (Fsp3) is 0.294. The highest BCUT2D eigenvalue weighted by atomic mass is 16.5. The molecule has 0 aliphatic heterocycles. The number of benzene rings is 1. The SMILES string of the molecule is Cc1c(CC(=O)O)cccc1-c1ccc(OC2CC2)nc1. The molecule has 0 bridgehead atoms. The van der Waals surface area contributed by atoms with Crippen LogP contribution in [0.25, 0.3) is 11.1 Å². The highest BCUT2D eigenvalue weighted by Crippen LogP contribution is 2.29. The average molecular weight is 283 g/mol. The van der Waals surface area contributed by atoms with Crippen LogP contribution in [0.15, 0.2) is 36.5 Å². The van der Waals surface area contributed by atoms with Crippen molar-refractivity contribution in [1.29, 1.82) is 0 Å². The highest BCUT2D eigenvalue weighted by molar-refractivity contribution is 5.74. The first kappa shape index (κ1) is 13.6. The fourth-order valence-electron chi connectivity index (χ4n) is 2.32. The molecule has 0 amide bonds. The Morgan fingerprint density at radius 2 is 2.14 bits per heavy atom. The van der Waals surface area contributed by atoms with E-state index in [0.29, 0.717) is 12.0 Å². The van der Waals surface area contributed by atoms with E-state index in [9.17, 15) is 4.79 Å². The number of carbonyl (C=O) groups is 1. The molecule has 1 aromatic carbocycles. The number of ether oxygens (including phenoxy) is 1. The van der Waals surface area contributed by atoms with Crippen molar-refractivity contribution in [3.63, 3.8) is 0 Å². The summed E-state index contributed by atoms with van der Waals surface area (Å²) < 4.78 is 5.63. The van der Waals surface area contributed by atoms with Crippen molar-refractivity contribution in [1.82, 2.24) is 4.98 Å². The van der Waals surface area contributed by atoms with Gasteiger partial charge in [-0.05, 0) is 42.5 Å². The molecule has 3 rings (SSSR count). The van der Waals surface area contributed by atoms with Crippen molar-refractivity contribution < 1.29 is 14.6 Å². The monoisotopic (exact) mass is 283 g/mol. The van der Waals surface area contributed by atoms with Gasteiger partial charge in [-0.1, -0.05) is 18.2 Å². The Balaban J connectivity index is 1.86. The molecule has 0 spiro atoms. The van der Waals surface area contributed by atoms with Crippen LogP contribution in [0.4, 0.5) is 0 Å². The first-order valence-corrected chi connectivity index (χ1v) is 7.07. The number of carboxylic acid groups (broad SMARTS) is 1. The van der Waals surface area contributed by atoms with Crippen LogP contribution in [0.2, 0.25) is 0 Å². The van der Waals surface area contributed by atoms with Crippen molar-refractivity contribution >= 4 is 5.97 Å². The number of carboxylic acids is 1. The summed E-state index contributed by atoms with van der Waals surface area (Å²) in [7, 11) is 0. The standard InChI is InChI=1S/C17H17NO3/c1-11-12(9-17(19)20)3-2-4-15(11)13-5-8-16(18-10-13)21-14-6-7-14/h2-5,8,10,14H,6-7,9H2,1H3,(H,19,20). The smallest absolute Gasteiger partial charge is 0.307 e. The Hall–Kier alpha value is -2.36. The molecule has 108 valence electrons. The van der Waals surface area contributed by atoms with Crippen molar-refractivity contribution in [2.24, 2.45) is 0 Å². The van der Waals surface area contributed by atoms with Crippen LogP contribution < -0.4 is 4.74 Å². The van der Waals surface area contributed by atoms with Crippen LogP contribution in [0.5, 0.6) is 5.88 Å². The maximum Gasteiger partial charge on any atom is 0.307 e. The Kier molecular flexibility index (Phi) is 3.60. The Bertz CT molecular complexity index is 660. The van der Waals surface area contributed by atoms with Gasteiger partial charge >= 0.3 is 5.97 Å². The summed E-state index contributed by atoms with van der Waals surface area (Å²) in [5, 5.41) is 8.95. The lowest BCUT2D eigenvalue weighted by atomic mass is 9.96. The van der Waals surface area contributed by atoms with Crippen molar-refractivity contribution in [3.8, 4) is 17.0 Å². The van der Waals surface area contributed by atoms with Crippen LogP contribution in [0.3, 0.4) is 0 Å². The molecule has 4 heteroatoms. The van der Waals surface area contributed by atoms with Crippen LogP contribution in [-0.2, 0) is 11.2 Å². The number of hydrogen-bond acceptors (Lipinski definition) is 3. The molecule has 1 aromatic heterocycles. The summed E-state index contributed by atoms with van der Waals surface area (Å²) in [5.41, 5.74) is 3.80. The largest absolute Gasteiger partial charge is 0.481 e. The van der Waals surface area contributed by atoms with E-state index in [1.54, 1.807) is 6.20 Å². The molecule has 2 aromatic rings. The topological polar surface area (TPSA) is 59.4 Å². The Morgan fingerprint density at radius 1 is 1.33 bits per heavy atom. The lowest BCUT2D eigenvalue weighted by Crippen LogP contribution is -2.03. The third-order valence-electron chi connectivity index (χ3n) is 3.65. The van der Waals surface area contributed by atoms with Gasteiger partial charge in [0.15, 0.2) is 0 Å². The van der Waals surface area contributed by atoms with E-state index in [-0.39, 0.29) is 6.42 Å². The predicted octanol–water partition coefficient (Wildman–Crippen LogP) is 3.23. The van der Waals surface area contributed by atoms with E-state index in [4.69, 9.17) is 9.84 Å². The molecule has 0 radical (unpaired) electrons. The zero-order valence-corrected chi connectivity index (χ0v) is 11.9. The predicted molar refractivity (Wildman–Crippen MR) is 79.4 cm³/mol. The van der Waals surface area contributed by atoms with E-state index in [0.717, 1.165) is 35.1 Å². The molecule has 0 unspecified atom stereocenters. The minimum atomic E-state index is -0.818. The molecule has 0 atom stereocenters. The molecule has 1 aliphatic carbocycles. The van der Waals surface area contributed by atoms with Crippen LogP contribution >= 0.6 is 0 Å². The van der Waals surface area contributed by atoms with Gasteiger partial charge in [-0.25, -0.2) is 4.98 Å². The third-order valence-corrected chi connectivity index (χ3v) is 3.65. The number of hydrogen-bond donors (Lipinski definition) is 1. The molecule has 21 heavy (non-hydrogen) atoms. The maximum atomic E-state index is 10.9. The second-order valence-electron chi connectivity index (χ2n) is 5.36. The molecule has 1 aliphatic rings. The van der Waals surface area contributed by atoms with E-state index in [1.165, 1.54) is 0 Å². The summed E-state index contributed by atoms with van der Waals surface area (Å²) >= 11 is 0. The van der Waals surface area contributed by atoms with Gasteiger partial charge in [0.05, 0.1) is 6.42 Å². The maximum absolute atomic E-state index is 10.9. The molecule has 0 saturated heterocycles. The fourth-order valence-corrected chi connectivity index (χ4v) is 2.32. The average Bonchev–Trinajstić information content (AvgIpc) is 3.26. The van der Waals surface area contributed by atoms with Crippen LogP contribution in [0.1, 0.15) is 24.0 Å². The van der Waals surface area contributed by atoms with Gasteiger partial charge in [-0.2, -0.15) is 0 Å². The van der Waals surface area contributed by atoms with Gasteiger partial charge in [0.2, 0.25) is 5.88 Å². The van der Waals surface area contributed by atoms with E-state index >= 15 is 0 Å². The first-order chi connectivity index (χ1) is 10.1. The molecule has 1 heterocycles.